The third kappa shape index (κ3) is 18.9. The fourth-order valence-electron chi connectivity index (χ4n) is 7.67. The molecule has 3 heterocycles. The number of alkyl halides is 6. The first-order chi connectivity index (χ1) is 43.9. The van der Waals surface area contributed by atoms with Crippen LogP contribution in [0.2, 0.25) is 25.1 Å². The molecular weight excluding hydrogens is 1340 g/mol. The Bertz CT molecular complexity index is 4290. The van der Waals surface area contributed by atoms with Gasteiger partial charge in [0.1, 0.15) is 45.8 Å². The van der Waals surface area contributed by atoms with Gasteiger partial charge in [0.25, 0.3) is 17.7 Å². The molecule has 0 atom stereocenters. The first-order valence-corrected chi connectivity index (χ1v) is 27.8. The molecule has 31 heteroatoms. The molecule has 9 aromatic rings. The van der Waals surface area contributed by atoms with Crippen molar-refractivity contribution in [3.05, 3.63) is 239 Å². The van der Waals surface area contributed by atoms with E-state index in [1.165, 1.54) is 98.4 Å². The van der Waals surface area contributed by atoms with Crippen molar-refractivity contribution in [1.29, 1.82) is 0 Å². The molecule has 0 saturated heterocycles. The highest BCUT2D eigenvalue weighted by molar-refractivity contribution is 6.43. The quantitative estimate of drug-likeness (QED) is 0.0417. The van der Waals surface area contributed by atoms with Gasteiger partial charge in [0, 0.05) is 12.1 Å². The van der Waals surface area contributed by atoms with Gasteiger partial charge in [0.2, 0.25) is 0 Å². The number of rotatable bonds is 17. The second kappa shape index (κ2) is 30.7. The molecule has 3 amide bonds. The van der Waals surface area contributed by atoms with Crippen LogP contribution in [0.1, 0.15) is 84.8 Å². The number of pyridine rings is 3. The summed E-state index contributed by atoms with van der Waals surface area (Å²) in [6, 6.07) is 30.5. The largest absolute Gasteiger partial charge is 0.493 e. The molecule has 93 heavy (non-hydrogen) atoms. The van der Waals surface area contributed by atoms with Crippen molar-refractivity contribution >= 4 is 111 Å². The SMILES string of the molecule is COc1ccccc1Oc1cc(C(F)(F)F)cc(C(F)(F)F)c1C(=O)Nc1ccc(C(=O)O)nc1.Cc1ccc(Oc2cc(Cl)c(Cl)cc2C(=O)Nc2ccc(C(=O)O)nc2)cc1.O=C(O)c1ccc(NC(=O)c2cc(Cl)c(Cl)cc2Oc2ccc(CO)cc2Cl)cn1. The number of aromatic carboxylic acids is 3. The predicted molar refractivity (Wildman–Crippen MR) is 329 cm³/mol. The summed E-state index contributed by atoms with van der Waals surface area (Å²) < 4.78 is 104. The summed E-state index contributed by atoms with van der Waals surface area (Å²) in [5.74, 6) is -6.50. The molecule has 480 valence electrons. The van der Waals surface area contributed by atoms with Crippen molar-refractivity contribution in [2.24, 2.45) is 0 Å². The molecule has 0 aliphatic carbocycles. The summed E-state index contributed by atoms with van der Waals surface area (Å²) in [5.41, 5.74) is -3.26. The number of halogens is 11. The van der Waals surface area contributed by atoms with E-state index in [4.69, 9.17) is 92.3 Å². The van der Waals surface area contributed by atoms with Crippen molar-refractivity contribution < 1.29 is 94.5 Å². The Balaban J connectivity index is 0.000000199. The number of aliphatic hydroxyl groups excluding tert-OH is 1. The van der Waals surface area contributed by atoms with Gasteiger partial charge in [-0.25, -0.2) is 29.3 Å². The highest BCUT2D eigenvalue weighted by atomic mass is 35.5. The van der Waals surface area contributed by atoms with Gasteiger partial charge in [-0.1, -0.05) is 93.9 Å². The maximum atomic E-state index is 13.8. The number of hydrogen-bond donors (Lipinski definition) is 7. The number of hydrogen-bond acceptors (Lipinski definition) is 14. The Morgan fingerprint density at radius 3 is 1.31 bits per heavy atom. The third-order valence-corrected chi connectivity index (χ3v) is 13.9. The average Bonchev–Trinajstić information content (AvgIpc) is 0.774. The number of anilines is 3. The lowest BCUT2D eigenvalue weighted by Gasteiger charge is -2.20. The van der Waals surface area contributed by atoms with Crippen LogP contribution in [0, 0.1) is 6.92 Å². The van der Waals surface area contributed by atoms with E-state index in [0.29, 0.717) is 17.0 Å². The molecule has 0 bridgehead atoms. The third-order valence-electron chi connectivity index (χ3n) is 12.2. The van der Waals surface area contributed by atoms with Gasteiger partial charge < -0.3 is 55.3 Å². The summed E-state index contributed by atoms with van der Waals surface area (Å²) in [7, 11) is 1.21. The van der Waals surface area contributed by atoms with Crippen LogP contribution in [0.3, 0.4) is 0 Å². The zero-order valence-electron chi connectivity index (χ0n) is 47.1. The smallest absolute Gasteiger partial charge is 0.417 e. The van der Waals surface area contributed by atoms with Crippen molar-refractivity contribution in [3.8, 4) is 40.2 Å². The number of benzene rings is 6. The Hall–Kier alpha value is -10.2. The van der Waals surface area contributed by atoms with Gasteiger partial charge in [-0.3, -0.25) is 14.4 Å². The van der Waals surface area contributed by atoms with Gasteiger partial charge in [-0.15, -0.1) is 0 Å². The van der Waals surface area contributed by atoms with Gasteiger partial charge in [-0.2, -0.15) is 26.3 Å². The number of methoxy groups -OCH3 is 1. The first-order valence-electron chi connectivity index (χ1n) is 25.9. The Kier molecular flexibility index (Phi) is 23.2. The number of carbonyl (C=O) groups is 6. The number of carboxylic acid groups (broad SMARTS) is 3. The molecule has 0 saturated carbocycles. The van der Waals surface area contributed by atoms with E-state index in [1.807, 2.05) is 19.1 Å². The summed E-state index contributed by atoms with van der Waals surface area (Å²) in [5, 5.41) is 44.1. The van der Waals surface area contributed by atoms with Crippen molar-refractivity contribution in [1.82, 2.24) is 15.0 Å². The minimum atomic E-state index is -5.38. The Morgan fingerprint density at radius 1 is 0.462 bits per heavy atom. The maximum Gasteiger partial charge on any atom is 0.417 e. The molecule has 0 aliphatic heterocycles. The summed E-state index contributed by atoms with van der Waals surface area (Å²) in [4.78, 5) is 82.1. The molecule has 0 fully saturated rings. The summed E-state index contributed by atoms with van der Waals surface area (Å²) in [6.07, 6.45) is -7.24. The topological polar surface area (TPSA) is 295 Å². The molecular formula is C62H41Cl5F6N6O14. The van der Waals surface area contributed by atoms with Crippen molar-refractivity contribution in [2.75, 3.05) is 23.1 Å². The van der Waals surface area contributed by atoms with E-state index in [9.17, 15) is 60.2 Å². The normalized spacial score (nSPS) is 10.9. The van der Waals surface area contributed by atoms with Crippen LogP contribution in [0.4, 0.5) is 43.4 Å². The van der Waals surface area contributed by atoms with E-state index < -0.39 is 76.1 Å². The van der Waals surface area contributed by atoms with Crippen LogP contribution in [-0.2, 0) is 19.0 Å². The number of nitrogens with zero attached hydrogens (tertiary/aromatic N) is 3. The molecule has 0 radical (unpaired) electrons. The van der Waals surface area contributed by atoms with Gasteiger partial charge >= 0.3 is 30.3 Å². The van der Waals surface area contributed by atoms with Crippen LogP contribution in [-0.4, -0.2) is 78.1 Å². The lowest BCUT2D eigenvalue weighted by molar-refractivity contribution is -0.143. The van der Waals surface area contributed by atoms with E-state index >= 15 is 0 Å². The zero-order chi connectivity index (χ0) is 68.1. The molecule has 9 rings (SSSR count). The standard InChI is InChI=1S/C22H14F6N2O5.C20H13Cl3N2O5.C20H14Cl2N2O4/c1-34-15-4-2-3-5-16(15)35-17-9-11(21(23,24)25)8-13(22(26,27)28)18(17)19(31)30-12-6-7-14(20(32)33)29-10-12;21-13-6-12(19(27)25-11-2-3-16(20(28)29)24-8-11)18(7-14(13)22)30-17-4-1-10(9-26)5-15(17)23;1-11-2-5-13(6-3-11)28-18-9-16(22)15(21)8-14(18)19(25)24-12-4-7-17(20(26)27)23-10-12/h2-10H,1H3,(H,30,31)(H,32,33);1-8,26H,9H2,(H,25,27)(H,28,29);2-10H,1H3,(H,24,25)(H,26,27). The van der Waals surface area contributed by atoms with Gasteiger partial charge in [-0.05, 0) is 110 Å². The Morgan fingerprint density at radius 2 is 0.903 bits per heavy atom. The first kappa shape index (κ1) is 70.2. The highest BCUT2D eigenvalue weighted by Crippen LogP contribution is 2.45. The zero-order valence-corrected chi connectivity index (χ0v) is 50.9. The van der Waals surface area contributed by atoms with Crippen LogP contribution < -0.4 is 34.9 Å². The second-order valence-corrected chi connectivity index (χ2v) is 20.7. The fraction of sp³-hybridized carbons (Fsp3) is 0.0806. The molecule has 3 aromatic heterocycles. The summed E-state index contributed by atoms with van der Waals surface area (Å²) in [6.45, 7) is 1.76. The lowest BCUT2D eigenvalue weighted by Crippen LogP contribution is -2.21. The number of para-hydroxylation sites is 2. The maximum absolute atomic E-state index is 13.8. The number of carbonyl (C=O) groups excluding carboxylic acids is 3. The number of aromatic nitrogens is 3. The second-order valence-electron chi connectivity index (χ2n) is 18.7. The molecule has 0 aliphatic rings. The number of aryl methyl sites for hydroxylation is 1. The van der Waals surface area contributed by atoms with E-state index in [-0.39, 0.29) is 106 Å². The van der Waals surface area contributed by atoms with Gasteiger partial charge in [0.15, 0.2) is 11.5 Å². The van der Waals surface area contributed by atoms with E-state index in [2.05, 4.69) is 30.9 Å². The monoisotopic (exact) mass is 1380 g/mol. The van der Waals surface area contributed by atoms with E-state index in [0.717, 1.165) is 23.9 Å². The van der Waals surface area contributed by atoms with Crippen LogP contribution in [0.25, 0.3) is 0 Å². The van der Waals surface area contributed by atoms with E-state index in [1.54, 1.807) is 24.3 Å². The van der Waals surface area contributed by atoms with Crippen LogP contribution in [0.5, 0.6) is 40.2 Å². The van der Waals surface area contributed by atoms with Crippen LogP contribution >= 0.6 is 58.0 Å². The molecule has 0 spiro atoms. The number of ether oxygens (including phenoxy) is 4. The predicted octanol–water partition coefficient (Wildman–Crippen LogP) is 16.6. The number of carboxylic acids is 3. The van der Waals surface area contributed by atoms with Crippen molar-refractivity contribution in [3.63, 3.8) is 0 Å². The number of aliphatic hydroxyl groups is 1. The minimum Gasteiger partial charge on any atom is -0.493 e. The minimum absolute atomic E-state index is 0.0155. The van der Waals surface area contributed by atoms with Crippen LogP contribution in [0.15, 0.2) is 158 Å². The Labute approximate surface area is 545 Å². The molecule has 7 N–H and O–H groups in total. The summed E-state index contributed by atoms with van der Waals surface area (Å²) >= 11 is 30.5. The van der Waals surface area contributed by atoms with Crippen molar-refractivity contribution in [2.45, 2.75) is 25.9 Å². The van der Waals surface area contributed by atoms with Gasteiger partial charge in [0.05, 0.1) is 102 Å². The molecule has 20 nitrogen and oxygen atoms in total. The average molecular weight is 1390 g/mol. The highest BCUT2D eigenvalue weighted by Gasteiger charge is 2.42. The molecule has 0 unspecified atom stereocenters. The molecule has 6 aromatic carbocycles. The fourth-order valence-corrected chi connectivity index (χ4v) is 8.55. The lowest BCUT2D eigenvalue weighted by atomic mass is 10.0. The number of amides is 3. The number of nitrogens with one attached hydrogen (secondary N) is 3.